The topological polar surface area (TPSA) is 84.7 Å². The molecular formula is C20H28F3N3O3. The number of carbonyl (C=O) groups is 2. The molecule has 0 aliphatic heterocycles. The van der Waals surface area contributed by atoms with E-state index in [1.165, 1.54) is 37.5 Å². The van der Waals surface area contributed by atoms with Crippen LogP contribution in [0.1, 0.15) is 33.1 Å². The molecule has 9 heteroatoms. The third kappa shape index (κ3) is 7.77. The van der Waals surface area contributed by atoms with Gasteiger partial charge in [0.15, 0.2) is 0 Å². The zero-order chi connectivity index (χ0) is 22.0. The van der Waals surface area contributed by atoms with Crippen molar-refractivity contribution in [3.8, 4) is 5.75 Å². The molecule has 1 aromatic carbocycles. The largest absolute Gasteiger partial charge is 0.497 e. The Labute approximate surface area is 168 Å². The van der Waals surface area contributed by atoms with Crippen LogP contribution < -0.4 is 20.7 Å². The number of nitrogens with zero attached hydrogens (tertiary/aromatic N) is 1. The van der Waals surface area contributed by atoms with Gasteiger partial charge < -0.3 is 20.7 Å². The Morgan fingerprint density at radius 1 is 1.24 bits per heavy atom. The average Bonchev–Trinajstić information content (AvgIpc) is 2.69. The molecule has 0 bridgehead atoms. The van der Waals surface area contributed by atoms with Gasteiger partial charge in [0.25, 0.3) is 0 Å². The second-order valence-electron chi connectivity index (χ2n) is 6.46. The maximum absolute atomic E-state index is 13.0. The number of benzene rings is 1. The SMILES string of the molecule is CCC[C@@H](/C=C/CN(C(=O)C(F)(F)F)c1ccc(OC)cc1)NC(=O)[C@@H](N)CC. The van der Waals surface area contributed by atoms with E-state index in [-0.39, 0.29) is 24.2 Å². The van der Waals surface area contributed by atoms with E-state index in [0.717, 1.165) is 6.42 Å². The van der Waals surface area contributed by atoms with E-state index in [1.54, 1.807) is 13.0 Å². The summed E-state index contributed by atoms with van der Waals surface area (Å²) in [6.07, 6.45) is -0.177. The number of rotatable bonds is 10. The molecule has 1 rings (SSSR count). The number of hydrogen-bond acceptors (Lipinski definition) is 4. The molecule has 6 nitrogen and oxygen atoms in total. The molecule has 0 radical (unpaired) electrons. The number of hydrogen-bond donors (Lipinski definition) is 2. The summed E-state index contributed by atoms with van der Waals surface area (Å²) >= 11 is 0. The monoisotopic (exact) mass is 415 g/mol. The summed E-state index contributed by atoms with van der Waals surface area (Å²) in [6, 6.07) is 4.67. The first-order valence-electron chi connectivity index (χ1n) is 9.39. The van der Waals surface area contributed by atoms with Crippen LogP contribution in [-0.2, 0) is 9.59 Å². The van der Waals surface area contributed by atoms with E-state index in [9.17, 15) is 22.8 Å². The van der Waals surface area contributed by atoms with Gasteiger partial charge in [0.05, 0.1) is 13.2 Å². The normalized spacial score (nSPS) is 13.8. The molecule has 0 aromatic heterocycles. The second kappa shape index (κ2) is 11.5. The highest BCUT2D eigenvalue weighted by Crippen LogP contribution is 2.25. The van der Waals surface area contributed by atoms with Crippen LogP contribution in [0.2, 0.25) is 0 Å². The van der Waals surface area contributed by atoms with Gasteiger partial charge in [-0.3, -0.25) is 9.59 Å². The molecule has 0 aliphatic carbocycles. The van der Waals surface area contributed by atoms with Crippen LogP contribution in [0, 0.1) is 0 Å². The molecule has 0 unspecified atom stereocenters. The first-order valence-corrected chi connectivity index (χ1v) is 9.39. The molecule has 2 atom stereocenters. The predicted octanol–water partition coefficient (Wildman–Crippen LogP) is 3.17. The van der Waals surface area contributed by atoms with E-state index in [4.69, 9.17) is 10.5 Å². The van der Waals surface area contributed by atoms with Crippen molar-refractivity contribution in [2.24, 2.45) is 5.73 Å². The van der Waals surface area contributed by atoms with Crippen molar-refractivity contribution in [2.45, 2.75) is 51.4 Å². The van der Waals surface area contributed by atoms with Crippen molar-refractivity contribution in [3.63, 3.8) is 0 Å². The van der Waals surface area contributed by atoms with Crippen molar-refractivity contribution < 1.29 is 27.5 Å². The molecule has 0 saturated heterocycles. The lowest BCUT2D eigenvalue weighted by Crippen LogP contribution is -2.44. The van der Waals surface area contributed by atoms with Gasteiger partial charge in [-0.15, -0.1) is 0 Å². The lowest BCUT2D eigenvalue weighted by atomic mass is 10.1. The number of amides is 2. The minimum absolute atomic E-state index is 0.0851. The van der Waals surface area contributed by atoms with E-state index < -0.39 is 18.1 Å². The van der Waals surface area contributed by atoms with Gasteiger partial charge in [-0.25, -0.2) is 0 Å². The number of nitrogens with two attached hydrogens (primary N) is 1. The zero-order valence-corrected chi connectivity index (χ0v) is 16.8. The number of halogens is 3. The molecule has 0 aliphatic rings. The highest BCUT2D eigenvalue weighted by atomic mass is 19.4. The van der Waals surface area contributed by atoms with E-state index in [2.05, 4.69) is 5.32 Å². The predicted molar refractivity (Wildman–Crippen MR) is 106 cm³/mol. The molecule has 0 heterocycles. The lowest BCUT2D eigenvalue weighted by Gasteiger charge is -2.23. The van der Waals surface area contributed by atoms with Crippen LogP contribution in [0.3, 0.4) is 0 Å². The molecule has 0 spiro atoms. The first kappa shape index (κ1) is 24.5. The number of nitrogens with one attached hydrogen (secondary N) is 1. The van der Waals surface area contributed by atoms with Crippen LogP contribution in [0.5, 0.6) is 5.75 Å². The summed E-state index contributed by atoms with van der Waals surface area (Å²) in [7, 11) is 1.43. The summed E-state index contributed by atoms with van der Waals surface area (Å²) in [5, 5.41) is 2.76. The Hall–Kier alpha value is -2.55. The maximum atomic E-state index is 13.0. The first-order chi connectivity index (χ1) is 13.6. The fourth-order valence-corrected chi connectivity index (χ4v) is 2.55. The van der Waals surface area contributed by atoms with Gasteiger partial charge in [-0.05, 0) is 37.1 Å². The number of methoxy groups -OCH3 is 1. The van der Waals surface area contributed by atoms with E-state index in [0.29, 0.717) is 23.5 Å². The van der Waals surface area contributed by atoms with E-state index in [1.807, 2.05) is 6.92 Å². The molecule has 2 amide bonds. The van der Waals surface area contributed by atoms with Crippen molar-refractivity contribution in [3.05, 3.63) is 36.4 Å². The molecule has 3 N–H and O–H groups in total. The van der Waals surface area contributed by atoms with E-state index >= 15 is 0 Å². The molecule has 29 heavy (non-hydrogen) atoms. The third-order valence-electron chi connectivity index (χ3n) is 4.23. The number of anilines is 1. The van der Waals surface area contributed by atoms with Crippen molar-refractivity contribution >= 4 is 17.5 Å². The van der Waals surface area contributed by atoms with Crippen LogP contribution >= 0.6 is 0 Å². The quantitative estimate of drug-likeness (QED) is 0.575. The Bertz CT molecular complexity index is 690. The van der Waals surface area contributed by atoms with Gasteiger partial charge in [0, 0.05) is 18.3 Å². The Morgan fingerprint density at radius 2 is 1.86 bits per heavy atom. The summed E-state index contributed by atoms with van der Waals surface area (Å²) in [5.74, 6) is -1.84. The minimum atomic E-state index is -5.02. The summed E-state index contributed by atoms with van der Waals surface area (Å²) in [4.78, 5) is 24.5. The fraction of sp³-hybridized carbons (Fsp3) is 0.500. The molecular weight excluding hydrogens is 387 g/mol. The van der Waals surface area contributed by atoms with Crippen LogP contribution in [0.15, 0.2) is 36.4 Å². The second-order valence-corrected chi connectivity index (χ2v) is 6.46. The van der Waals surface area contributed by atoms with Crippen LogP contribution in [0.4, 0.5) is 18.9 Å². The number of carbonyl (C=O) groups excluding carboxylic acids is 2. The van der Waals surface area contributed by atoms with Gasteiger partial charge in [0.2, 0.25) is 5.91 Å². The third-order valence-corrected chi connectivity index (χ3v) is 4.23. The highest BCUT2D eigenvalue weighted by molar-refractivity contribution is 5.97. The van der Waals surface area contributed by atoms with Crippen molar-refractivity contribution in [1.29, 1.82) is 0 Å². The number of ether oxygens (including phenoxy) is 1. The van der Waals surface area contributed by atoms with Crippen molar-refractivity contribution in [2.75, 3.05) is 18.6 Å². The molecule has 0 saturated carbocycles. The highest BCUT2D eigenvalue weighted by Gasteiger charge is 2.42. The molecule has 0 fully saturated rings. The van der Waals surface area contributed by atoms with Crippen molar-refractivity contribution in [1.82, 2.24) is 5.32 Å². The molecule has 162 valence electrons. The van der Waals surface area contributed by atoms with Crippen LogP contribution in [0.25, 0.3) is 0 Å². The smallest absolute Gasteiger partial charge is 0.471 e. The summed E-state index contributed by atoms with van der Waals surface area (Å²) in [5.41, 5.74) is 5.79. The van der Waals surface area contributed by atoms with Gasteiger partial charge in [0.1, 0.15) is 5.75 Å². The van der Waals surface area contributed by atoms with Gasteiger partial charge in [-0.1, -0.05) is 32.4 Å². The van der Waals surface area contributed by atoms with Gasteiger partial charge >= 0.3 is 12.1 Å². The summed E-state index contributed by atoms with van der Waals surface area (Å²) in [6.45, 7) is 3.40. The number of alkyl halides is 3. The summed E-state index contributed by atoms with van der Waals surface area (Å²) < 4.78 is 44.1. The average molecular weight is 415 g/mol. The molecule has 1 aromatic rings. The van der Waals surface area contributed by atoms with Gasteiger partial charge in [-0.2, -0.15) is 13.2 Å². The zero-order valence-electron chi connectivity index (χ0n) is 16.8. The van der Waals surface area contributed by atoms with Crippen LogP contribution in [-0.4, -0.2) is 43.7 Å². The minimum Gasteiger partial charge on any atom is -0.497 e. The Kier molecular flexibility index (Phi) is 9.67. The standard InChI is InChI=1S/C20H28F3N3O3/c1-4-7-14(25-18(27)17(24)5-2)8-6-13-26(19(28)20(21,22)23)15-9-11-16(29-3)12-10-15/h6,8-12,14,17H,4-5,7,13,24H2,1-3H3,(H,25,27)/b8-6+/t14-,17-/m0/s1. The maximum Gasteiger partial charge on any atom is 0.471 e. The fourth-order valence-electron chi connectivity index (χ4n) is 2.55. The Balaban J connectivity index is 2.98. The lowest BCUT2D eigenvalue weighted by molar-refractivity contribution is -0.170. The Morgan fingerprint density at radius 3 is 2.34 bits per heavy atom.